The van der Waals surface area contributed by atoms with E-state index in [4.69, 9.17) is 4.74 Å². The lowest BCUT2D eigenvalue weighted by Crippen LogP contribution is -2.36. The molecular weight excluding hydrogens is 362 g/mol. The summed E-state index contributed by atoms with van der Waals surface area (Å²) in [5.74, 6) is 0.637. The van der Waals surface area contributed by atoms with Crippen molar-refractivity contribution in [3.63, 3.8) is 0 Å². The van der Waals surface area contributed by atoms with Crippen LogP contribution in [0.15, 0.2) is 42.0 Å². The van der Waals surface area contributed by atoms with Gasteiger partial charge in [0.15, 0.2) is 5.13 Å². The molecule has 3 aromatic heterocycles. The van der Waals surface area contributed by atoms with Gasteiger partial charge in [0.25, 0.3) is 5.91 Å². The van der Waals surface area contributed by atoms with Gasteiger partial charge in [-0.15, -0.1) is 11.3 Å². The Hall–Kier alpha value is -2.84. The van der Waals surface area contributed by atoms with E-state index in [9.17, 15) is 4.79 Å². The van der Waals surface area contributed by atoms with E-state index >= 15 is 0 Å². The number of nitrogens with zero attached hydrogens (tertiary/aromatic N) is 4. The van der Waals surface area contributed by atoms with Crippen molar-refractivity contribution in [1.82, 2.24) is 15.0 Å². The van der Waals surface area contributed by atoms with Gasteiger partial charge in [-0.1, -0.05) is 0 Å². The zero-order valence-electron chi connectivity index (χ0n) is 14.9. The van der Waals surface area contributed by atoms with Crippen molar-refractivity contribution in [2.75, 3.05) is 36.5 Å². The van der Waals surface area contributed by atoms with E-state index in [1.165, 1.54) is 11.3 Å². The lowest BCUT2D eigenvalue weighted by molar-refractivity contribution is 0.102. The highest BCUT2D eigenvalue weighted by Gasteiger charge is 2.15. The highest BCUT2D eigenvalue weighted by Crippen LogP contribution is 2.26. The molecule has 1 saturated heterocycles. The first kappa shape index (κ1) is 17.6. The highest BCUT2D eigenvalue weighted by atomic mass is 32.1. The fourth-order valence-electron chi connectivity index (χ4n) is 2.88. The van der Waals surface area contributed by atoms with Crippen molar-refractivity contribution in [1.29, 1.82) is 0 Å². The van der Waals surface area contributed by atoms with Gasteiger partial charge >= 0.3 is 0 Å². The minimum atomic E-state index is -0.222. The molecule has 1 fully saturated rings. The van der Waals surface area contributed by atoms with Crippen LogP contribution in [0.2, 0.25) is 0 Å². The van der Waals surface area contributed by atoms with E-state index in [-0.39, 0.29) is 5.91 Å². The Kier molecular flexibility index (Phi) is 5.08. The molecule has 1 amide bonds. The molecule has 27 heavy (non-hydrogen) atoms. The van der Waals surface area contributed by atoms with E-state index in [1.54, 1.807) is 18.5 Å². The first-order chi connectivity index (χ1) is 13.2. The summed E-state index contributed by atoms with van der Waals surface area (Å²) in [4.78, 5) is 27.8. The van der Waals surface area contributed by atoms with Gasteiger partial charge in [-0.3, -0.25) is 15.1 Å². The Morgan fingerprint density at radius 2 is 2.07 bits per heavy atom. The highest BCUT2D eigenvalue weighted by molar-refractivity contribution is 7.14. The number of rotatable bonds is 4. The molecule has 1 N–H and O–H groups in total. The maximum Gasteiger partial charge on any atom is 0.259 e. The van der Waals surface area contributed by atoms with Crippen molar-refractivity contribution >= 4 is 28.2 Å². The van der Waals surface area contributed by atoms with Gasteiger partial charge in [-0.05, 0) is 31.2 Å². The molecule has 0 spiro atoms. The molecule has 4 rings (SSSR count). The average molecular weight is 381 g/mol. The van der Waals surface area contributed by atoms with Gasteiger partial charge < -0.3 is 9.64 Å². The van der Waals surface area contributed by atoms with Gasteiger partial charge in [0.05, 0.1) is 24.5 Å². The SMILES string of the molecule is Cc1ncccc1-c1csc(NC(=O)c2ccc(N3CCOCC3)nc2)n1. The molecule has 7 nitrogen and oxygen atoms in total. The van der Waals surface area contributed by atoms with Crippen LogP contribution in [0, 0.1) is 6.92 Å². The van der Waals surface area contributed by atoms with Crippen LogP contribution in [0.4, 0.5) is 10.9 Å². The number of amides is 1. The molecule has 0 bridgehead atoms. The van der Waals surface area contributed by atoms with Crippen LogP contribution in [-0.2, 0) is 4.74 Å². The number of aromatic nitrogens is 3. The summed E-state index contributed by atoms with van der Waals surface area (Å²) in [6, 6.07) is 7.50. The Labute approximate surface area is 161 Å². The molecule has 8 heteroatoms. The number of anilines is 2. The van der Waals surface area contributed by atoms with E-state index in [2.05, 4.69) is 25.2 Å². The first-order valence-electron chi connectivity index (χ1n) is 8.68. The molecule has 138 valence electrons. The number of carbonyl (C=O) groups excluding carboxylic acids is 1. The minimum Gasteiger partial charge on any atom is -0.378 e. The summed E-state index contributed by atoms with van der Waals surface area (Å²) < 4.78 is 5.35. The van der Waals surface area contributed by atoms with E-state index in [0.29, 0.717) is 23.9 Å². The summed E-state index contributed by atoms with van der Waals surface area (Å²) in [7, 11) is 0. The van der Waals surface area contributed by atoms with Crippen LogP contribution in [-0.4, -0.2) is 47.2 Å². The Bertz CT molecular complexity index is 935. The number of nitrogens with one attached hydrogen (secondary N) is 1. The van der Waals surface area contributed by atoms with Crippen molar-refractivity contribution in [3.05, 3.63) is 53.3 Å². The standard InChI is InChI=1S/C19H19N5O2S/c1-13-15(3-2-6-20-13)16-12-27-19(22-16)23-18(25)14-4-5-17(21-11-14)24-7-9-26-10-8-24/h2-6,11-12H,7-10H2,1H3,(H,22,23,25). The summed E-state index contributed by atoms with van der Waals surface area (Å²) >= 11 is 1.39. The second-order valence-electron chi connectivity index (χ2n) is 6.13. The summed E-state index contributed by atoms with van der Waals surface area (Å²) in [5.41, 5.74) is 3.18. The molecule has 0 atom stereocenters. The topological polar surface area (TPSA) is 80.2 Å². The Balaban J connectivity index is 1.44. The third-order valence-electron chi connectivity index (χ3n) is 4.35. The van der Waals surface area contributed by atoms with Crippen molar-refractivity contribution < 1.29 is 9.53 Å². The van der Waals surface area contributed by atoms with Crippen LogP contribution in [0.25, 0.3) is 11.3 Å². The van der Waals surface area contributed by atoms with E-state index in [0.717, 1.165) is 35.9 Å². The maximum atomic E-state index is 12.5. The monoisotopic (exact) mass is 381 g/mol. The van der Waals surface area contributed by atoms with Gasteiger partial charge in [-0.25, -0.2) is 9.97 Å². The number of pyridine rings is 2. The third-order valence-corrected chi connectivity index (χ3v) is 5.11. The average Bonchev–Trinajstić information content (AvgIpc) is 3.17. The number of carbonyl (C=O) groups is 1. The molecule has 0 aliphatic carbocycles. The Morgan fingerprint density at radius 3 is 2.81 bits per heavy atom. The zero-order valence-corrected chi connectivity index (χ0v) is 15.7. The number of hydrogen-bond donors (Lipinski definition) is 1. The van der Waals surface area contributed by atoms with E-state index in [1.807, 2.05) is 30.5 Å². The number of ether oxygens (including phenoxy) is 1. The lowest BCUT2D eigenvalue weighted by Gasteiger charge is -2.27. The molecule has 3 aromatic rings. The minimum absolute atomic E-state index is 0.222. The number of aryl methyl sites for hydroxylation is 1. The lowest BCUT2D eigenvalue weighted by atomic mass is 10.1. The third kappa shape index (κ3) is 3.96. The van der Waals surface area contributed by atoms with Gasteiger partial charge in [0, 0.05) is 42.1 Å². The molecule has 0 unspecified atom stereocenters. The smallest absolute Gasteiger partial charge is 0.259 e. The molecule has 0 saturated carbocycles. The molecular formula is C19H19N5O2S. The quantitative estimate of drug-likeness (QED) is 0.748. The van der Waals surface area contributed by atoms with Gasteiger partial charge in [0.1, 0.15) is 5.82 Å². The predicted molar refractivity (Wildman–Crippen MR) is 105 cm³/mol. The van der Waals surface area contributed by atoms with Gasteiger partial charge in [0.2, 0.25) is 0 Å². The fraction of sp³-hybridized carbons (Fsp3) is 0.263. The van der Waals surface area contributed by atoms with Crippen LogP contribution >= 0.6 is 11.3 Å². The second-order valence-corrected chi connectivity index (χ2v) is 6.99. The van der Waals surface area contributed by atoms with Crippen LogP contribution in [0.3, 0.4) is 0 Å². The second kappa shape index (κ2) is 7.81. The van der Waals surface area contributed by atoms with Crippen LogP contribution in [0.1, 0.15) is 16.1 Å². The fourth-order valence-corrected chi connectivity index (χ4v) is 3.58. The zero-order chi connectivity index (χ0) is 18.6. The number of hydrogen-bond acceptors (Lipinski definition) is 7. The summed E-state index contributed by atoms with van der Waals surface area (Å²) in [6.45, 7) is 4.97. The van der Waals surface area contributed by atoms with E-state index < -0.39 is 0 Å². The molecule has 0 aromatic carbocycles. The maximum absolute atomic E-state index is 12.5. The normalized spacial score (nSPS) is 14.2. The summed E-state index contributed by atoms with van der Waals surface area (Å²) in [6.07, 6.45) is 3.35. The summed E-state index contributed by atoms with van der Waals surface area (Å²) in [5, 5.41) is 5.31. The number of thiazole rings is 1. The molecule has 4 heterocycles. The van der Waals surface area contributed by atoms with Crippen molar-refractivity contribution in [2.24, 2.45) is 0 Å². The number of morpholine rings is 1. The molecule has 0 radical (unpaired) electrons. The van der Waals surface area contributed by atoms with Crippen molar-refractivity contribution in [2.45, 2.75) is 6.92 Å². The Morgan fingerprint density at radius 1 is 1.22 bits per heavy atom. The van der Waals surface area contributed by atoms with Gasteiger partial charge in [-0.2, -0.15) is 0 Å². The molecule has 1 aliphatic rings. The predicted octanol–water partition coefficient (Wildman–Crippen LogP) is 3.00. The van der Waals surface area contributed by atoms with Crippen molar-refractivity contribution in [3.8, 4) is 11.3 Å². The van der Waals surface area contributed by atoms with Crippen LogP contribution in [0.5, 0.6) is 0 Å². The molecule has 1 aliphatic heterocycles. The first-order valence-corrected chi connectivity index (χ1v) is 9.56. The largest absolute Gasteiger partial charge is 0.378 e. The van der Waals surface area contributed by atoms with Crippen LogP contribution < -0.4 is 10.2 Å².